The fourth-order valence-electron chi connectivity index (χ4n) is 0.925. The van der Waals surface area contributed by atoms with E-state index in [1.54, 1.807) is 12.1 Å². The van der Waals surface area contributed by atoms with Gasteiger partial charge in [0.2, 0.25) is 0 Å². The van der Waals surface area contributed by atoms with Gasteiger partial charge in [-0.3, -0.25) is 0 Å². The number of rotatable bonds is 1. The Bertz CT molecular complexity index is 370. The van der Waals surface area contributed by atoms with Gasteiger partial charge in [-0.15, -0.1) is 5.10 Å². The lowest BCUT2D eigenvalue weighted by atomic mass is 10.3. The van der Waals surface area contributed by atoms with Gasteiger partial charge in [0, 0.05) is 0 Å². The number of halogens is 1. The van der Waals surface area contributed by atoms with Gasteiger partial charge in [-0.2, -0.15) is 0 Å². The molecule has 0 saturated carbocycles. The van der Waals surface area contributed by atoms with Gasteiger partial charge >= 0.3 is 0 Å². The third-order valence-corrected chi connectivity index (χ3v) is 1.45. The van der Waals surface area contributed by atoms with Crippen LogP contribution in [0, 0.1) is 12.0 Å². The van der Waals surface area contributed by atoms with Gasteiger partial charge in [0.15, 0.2) is 0 Å². The molecule has 0 fully saturated rings. The van der Waals surface area contributed by atoms with Crippen LogP contribution in [0.1, 0.15) is 0 Å². The Morgan fingerprint density at radius 2 is 2.33 bits per heavy atom. The molecule has 0 N–H and O–H groups in total. The summed E-state index contributed by atoms with van der Waals surface area (Å²) in [7, 11) is 0. The van der Waals surface area contributed by atoms with Crippen molar-refractivity contribution in [3.63, 3.8) is 0 Å². The minimum Gasteiger partial charge on any atom is -0.220 e. The summed E-state index contributed by atoms with van der Waals surface area (Å²) in [5.74, 6) is -0.289. The van der Waals surface area contributed by atoms with E-state index in [1.165, 1.54) is 23.0 Å². The Balaban J connectivity index is 2.48. The summed E-state index contributed by atoms with van der Waals surface area (Å²) in [4.78, 5) is 0. The van der Waals surface area contributed by atoms with Crippen molar-refractivity contribution in [1.29, 1.82) is 0 Å². The van der Waals surface area contributed by atoms with E-state index in [1.807, 2.05) is 0 Å². The van der Waals surface area contributed by atoms with Crippen LogP contribution in [0.25, 0.3) is 5.69 Å². The third-order valence-electron chi connectivity index (χ3n) is 1.45. The molecule has 1 radical (unpaired) electrons. The topological polar surface area (TPSA) is 30.7 Å². The number of hydrogen-bond acceptors (Lipinski definition) is 2. The Morgan fingerprint density at radius 3 is 3.00 bits per heavy atom. The van der Waals surface area contributed by atoms with Crippen LogP contribution in [0.2, 0.25) is 0 Å². The van der Waals surface area contributed by atoms with Crippen LogP contribution in [0.15, 0.2) is 30.5 Å². The summed E-state index contributed by atoms with van der Waals surface area (Å²) in [5.41, 5.74) is 0.642. The highest BCUT2D eigenvalue weighted by Crippen LogP contribution is 2.06. The molecule has 0 bridgehead atoms. The molecule has 0 aliphatic carbocycles. The van der Waals surface area contributed by atoms with Gasteiger partial charge in [0.05, 0.1) is 11.9 Å². The molecule has 12 heavy (non-hydrogen) atoms. The molecular formula is C8H5FN3. The molecule has 59 valence electrons. The average Bonchev–Trinajstić information content (AvgIpc) is 2.56. The highest BCUT2D eigenvalue weighted by molar-refractivity contribution is 5.30. The average molecular weight is 162 g/mol. The maximum Gasteiger partial charge on any atom is 0.135 e. The third kappa shape index (κ3) is 1.18. The van der Waals surface area contributed by atoms with E-state index in [9.17, 15) is 4.39 Å². The first-order valence-electron chi connectivity index (χ1n) is 3.40. The zero-order chi connectivity index (χ0) is 8.39. The largest absolute Gasteiger partial charge is 0.220 e. The predicted molar refractivity (Wildman–Crippen MR) is 40.2 cm³/mol. The molecule has 0 aliphatic rings. The Labute approximate surface area is 68.4 Å². The smallest absolute Gasteiger partial charge is 0.135 e. The van der Waals surface area contributed by atoms with Crippen molar-refractivity contribution < 1.29 is 4.39 Å². The first-order chi connectivity index (χ1) is 5.86. The van der Waals surface area contributed by atoms with E-state index in [0.717, 1.165) is 0 Å². The van der Waals surface area contributed by atoms with E-state index in [2.05, 4.69) is 16.5 Å². The van der Waals surface area contributed by atoms with Crippen LogP contribution in [-0.2, 0) is 0 Å². The van der Waals surface area contributed by atoms with E-state index in [-0.39, 0.29) is 5.82 Å². The van der Waals surface area contributed by atoms with Crippen LogP contribution < -0.4 is 0 Å². The zero-order valence-electron chi connectivity index (χ0n) is 6.11. The van der Waals surface area contributed by atoms with Crippen molar-refractivity contribution >= 4 is 0 Å². The van der Waals surface area contributed by atoms with Crippen molar-refractivity contribution in [1.82, 2.24) is 15.0 Å². The molecule has 3 nitrogen and oxygen atoms in total. The lowest BCUT2D eigenvalue weighted by molar-refractivity contribution is 0.625. The molecule has 1 heterocycles. The van der Waals surface area contributed by atoms with Crippen LogP contribution in [0.4, 0.5) is 4.39 Å². The van der Waals surface area contributed by atoms with Crippen LogP contribution >= 0.6 is 0 Å². The standard InChI is InChI=1S/C8H5FN3/c9-7-2-1-3-8(6-7)12-5-4-10-11-12/h1-3,5-6H. The first-order valence-corrected chi connectivity index (χ1v) is 3.40. The van der Waals surface area contributed by atoms with E-state index in [0.29, 0.717) is 5.69 Å². The number of aromatic nitrogens is 3. The molecule has 1 aromatic heterocycles. The zero-order valence-corrected chi connectivity index (χ0v) is 6.11. The minimum absolute atomic E-state index is 0.289. The molecule has 1 aromatic carbocycles. The maximum absolute atomic E-state index is 12.7. The van der Waals surface area contributed by atoms with Crippen LogP contribution in [0.3, 0.4) is 0 Å². The number of benzene rings is 1. The Morgan fingerprint density at radius 1 is 1.42 bits per heavy atom. The van der Waals surface area contributed by atoms with E-state index in [4.69, 9.17) is 0 Å². The van der Waals surface area contributed by atoms with Gasteiger partial charge in [-0.1, -0.05) is 11.3 Å². The van der Waals surface area contributed by atoms with Gasteiger partial charge in [0.1, 0.15) is 12.0 Å². The van der Waals surface area contributed by atoms with Crippen LogP contribution in [-0.4, -0.2) is 15.0 Å². The van der Waals surface area contributed by atoms with Crippen molar-refractivity contribution in [2.45, 2.75) is 0 Å². The summed E-state index contributed by atoms with van der Waals surface area (Å²) in [6.07, 6.45) is 4.06. The van der Waals surface area contributed by atoms with Crippen molar-refractivity contribution in [2.75, 3.05) is 0 Å². The van der Waals surface area contributed by atoms with Crippen molar-refractivity contribution in [2.24, 2.45) is 0 Å². The number of nitrogens with zero attached hydrogens (tertiary/aromatic N) is 3. The molecule has 0 saturated heterocycles. The molecule has 0 atom stereocenters. The second-order valence-corrected chi connectivity index (χ2v) is 2.27. The molecule has 0 spiro atoms. The highest BCUT2D eigenvalue weighted by Gasteiger charge is 1.96. The monoisotopic (exact) mass is 162 g/mol. The van der Waals surface area contributed by atoms with Crippen molar-refractivity contribution in [3.05, 3.63) is 42.5 Å². The van der Waals surface area contributed by atoms with Gasteiger partial charge < -0.3 is 0 Å². The van der Waals surface area contributed by atoms with Gasteiger partial charge in [-0.05, 0) is 18.2 Å². The molecule has 2 rings (SSSR count). The Kier molecular flexibility index (Phi) is 1.59. The molecule has 0 unspecified atom stereocenters. The minimum atomic E-state index is -0.289. The molecular weight excluding hydrogens is 157 g/mol. The second kappa shape index (κ2) is 2.73. The molecule has 2 aromatic rings. The lowest BCUT2D eigenvalue weighted by Gasteiger charge is -1.97. The SMILES string of the molecule is Fc1cccc(-n2c[c]nn2)c1. The van der Waals surface area contributed by atoms with Gasteiger partial charge in [0.25, 0.3) is 0 Å². The molecule has 0 amide bonds. The normalized spacial score (nSPS) is 10.1. The Hall–Kier alpha value is -1.71. The molecule has 4 heteroatoms. The first kappa shape index (κ1) is 6.97. The van der Waals surface area contributed by atoms with Crippen LogP contribution in [0.5, 0.6) is 0 Å². The predicted octanol–water partition coefficient (Wildman–Crippen LogP) is 1.21. The van der Waals surface area contributed by atoms with Gasteiger partial charge in [-0.25, -0.2) is 9.07 Å². The molecule has 0 aliphatic heterocycles. The van der Waals surface area contributed by atoms with E-state index >= 15 is 0 Å². The summed E-state index contributed by atoms with van der Waals surface area (Å²) in [6, 6.07) is 6.12. The fraction of sp³-hybridized carbons (Fsp3) is 0. The quantitative estimate of drug-likeness (QED) is 0.630. The highest BCUT2D eigenvalue weighted by atomic mass is 19.1. The summed E-state index contributed by atoms with van der Waals surface area (Å²) < 4.78 is 14.1. The second-order valence-electron chi connectivity index (χ2n) is 2.27. The summed E-state index contributed by atoms with van der Waals surface area (Å²) in [5, 5.41) is 7.17. The summed E-state index contributed by atoms with van der Waals surface area (Å²) in [6.45, 7) is 0. The maximum atomic E-state index is 12.7. The van der Waals surface area contributed by atoms with E-state index < -0.39 is 0 Å². The summed E-state index contributed by atoms with van der Waals surface area (Å²) >= 11 is 0. The lowest BCUT2D eigenvalue weighted by Crippen LogP contribution is -1.94. The number of hydrogen-bond donors (Lipinski definition) is 0. The fourth-order valence-corrected chi connectivity index (χ4v) is 0.925. The van der Waals surface area contributed by atoms with Crippen molar-refractivity contribution in [3.8, 4) is 5.69 Å².